The summed E-state index contributed by atoms with van der Waals surface area (Å²) in [7, 11) is 0.937. The largest absolute Gasteiger partial charge is 0.435 e. The molecule has 1 fully saturated rings. The van der Waals surface area contributed by atoms with E-state index in [0.717, 1.165) is 25.2 Å². The molecule has 1 saturated heterocycles. The van der Waals surface area contributed by atoms with Crippen molar-refractivity contribution in [2.24, 2.45) is 0 Å². The second kappa shape index (κ2) is 2.62. The highest BCUT2D eigenvalue weighted by Gasteiger charge is 2.14. The molecule has 0 spiro atoms. The zero-order valence-electron chi connectivity index (χ0n) is 5.30. The van der Waals surface area contributed by atoms with Gasteiger partial charge in [-0.05, 0) is 32.2 Å². The van der Waals surface area contributed by atoms with Crippen LogP contribution in [0.3, 0.4) is 0 Å². The predicted octanol–water partition coefficient (Wildman–Crippen LogP) is -0.352. The van der Waals surface area contributed by atoms with Crippen LogP contribution in [0.2, 0.25) is 12.1 Å². The third-order valence-electron chi connectivity index (χ3n) is 1.69. The lowest BCUT2D eigenvalue weighted by molar-refractivity contribution is 0.341. The van der Waals surface area contributed by atoms with Gasteiger partial charge >= 0.3 is 0 Å². The third-order valence-corrected chi connectivity index (χ3v) is 3.54. The molecule has 0 unspecified atom stereocenters. The molecule has 0 aromatic carbocycles. The Balaban J connectivity index is 2.19. The molecule has 3 heteroatoms. The van der Waals surface area contributed by atoms with E-state index < -0.39 is 9.04 Å². The van der Waals surface area contributed by atoms with E-state index in [-0.39, 0.29) is 0 Å². The Kier molecular flexibility index (Phi) is 2.05. The predicted molar refractivity (Wildman–Crippen MR) is 36.5 cm³/mol. The van der Waals surface area contributed by atoms with Gasteiger partial charge in [0.25, 0.3) is 0 Å². The van der Waals surface area contributed by atoms with Crippen LogP contribution in [0.15, 0.2) is 0 Å². The first-order chi connectivity index (χ1) is 3.79. The topological polar surface area (TPSA) is 23.5 Å². The van der Waals surface area contributed by atoms with Crippen LogP contribution in [0.1, 0.15) is 0 Å². The molecule has 2 nitrogen and oxygen atoms in total. The second-order valence-corrected chi connectivity index (χ2v) is 5.00. The maximum Gasteiger partial charge on any atom is 0.175 e. The third kappa shape index (κ3) is 1.58. The van der Waals surface area contributed by atoms with Gasteiger partial charge in [-0.3, -0.25) is 0 Å². The molecule has 0 aromatic rings. The van der Waals surface area contributed by atoms with Crippen LogP contribution in [0.5, 0.6) is 0 Å². The minimum Gasteiger partial charge on any atom is -0.435 e. The Morgan fingerprint density at radius 2 is 1.88 bits per heavy atom. The fourth-order valence-electron chi connectivity index (χ4n) is 0.995. The lowest BCUT2D eigenvalue weighted by Crippen LogP contribution is -2.34. The van der Waals surface area contributed by atoms with E-state index in [2.05, 4.69) is 11.9 Å². The molecule has 0 aromatic heterocycles. The monoisotopic (exact) mass is 131 g/mol. The number of hydrogen-bond acceptors (Lipinski definition) is 2. The van der Waals surface area contributed by atoms with Crippen molar-refractivity contribution in [1.29, 1.82) is 0 Å². The van der Waals surface area contributed by atoms with E-state index in [1.54, 1.807) is 0 Å². The van der Waals surface area contributed by atoms with Crippen molar-refractivity contribution in [3.8, 4) is 0 Å². The summed E-state index contributed by atoms with van der Waals surface area (Å²) >= 11 is 0. The molecule has 1 aliphatic heterocycles. The summed E-state index contributed by atoms with van der Waals surface area (Å²) in [6.07, 6.45) is 0. The van der Waals surface area contributed by atoms with Crippen molar-refractivity contribution in [2.75, 3.05) is 20.1 Å². The quantitative estimate of drug-likeness (QED) is 0.454. The van der Waals surface area contributed by atoms with Gasteiger partial charge in [-0.1, -0.05) is 0 Å². The molecule has 0 radical (unpaired) electrons. The minimum absolute atomic E-state index is 1.09. The molecule has 48 valence electrons. The Labute approximate surface area is 51.8 Å². The van der Waals surface area contributed by atoms with Crippen LogP contribution < -0.4 is 0 Å². The van der Waals surface area contributed by atoms with E-state index in [4.69, 9.17) is 4.80 Å². The first-order valence-electron chi connectivity index (χ1n) is 3.15. The molecule has 0 saturated carbocycles. The van der Waals surface area contributed by atoms with Crippen molar-refractivity contribution in [1.82, 2.24) is 4.90 Å². The Morgan fingerprint density at radius 1 is 1.38 bits per heavy atom. The Hall–Kier alpha value is 0.137. The molecule has 1 N–H and O–H groups in total. The molecular formula is C5H13NOSi. The SMILES string of the molecule is CN1CC[SiH](O)CC1. The van der Waals surface area contributed by atoms with Crippen molar-refractivity contribution in [3.63, 3.8) is 0 Å². The summed E-state index contributed by atoms with van der Waals surface area (Å²) in [6.45, 7) is 2.24. The summed E-state index contributed by atoms with van der Waals surface area (Å²) in [5.74, 6) is 0. The van der Waals surface area contributed by atoms with Gasteiger partial charge < -0.3 is 9.70 Å². The summed E-state index contributed by atoms with van der Waals surface area (Å²) < 4.78 is 0. The highest BCUT2D eigenvalue weighted by molar-refractivity contribution is 6.50. The number of hydrogen-bond donors (Lipinski definition) is 1. The van der Waals surface area contributed by atoms with E-state index in [9.17, 15) is 0 Å². The van der Waals surface area contributed by atoms with Crippen LogP contribution in [0.4, 0.5) is 0 Å². The van der Waals surface area contributed by atoms with Gasteiger partial charge in [-0.15, -0.1) is 0 Å². The van der Waals surface area contributed by atoms with Gasteiger partial charge in [0.05, 0.1) is 0 Å². The molecule has 1 heterocycles. The Bertz CT molecular complexity index is 60.8. The lowest BCUT2D eigenvalue weighted by Gasteiger charge is -2.23. The van der Waals surface area contributed by atoms with Crippen LogP contribution >= 0.6 is 0 Å². The fraction of sp³-hybridized carbons (Fsp3) is 1.00. The fourth-order valence-corrected chi connectivity index (χ4v) is 2.76. The lowest BCUT2D eigenvalue weighted by atomic mass is 10.5. The molecule has 0 amide bonds. The maximum absolute atomic E-state index is 9.14. The molecule has 0 bridgehead atoms. The number of nitrogens with zero attached hydrogens (tertiary/aromatic N) is 1. The molecule has 0 atom stereocenters. The van der Waals surface area contributed by atoms with Crippen LogP contribution in [0.25, 0.3) is 0 Å². The molecular weight excluding hydrogens is 118 g/mol. The zero-order valence-corrected chi connectivity index (χ0v) is 6.45. The van der Waals surface area contributed by atoms with Crippen molar-refractivity contribution in [3.05, 3.63) is 0 Å². The van der Waals surface area contributed by atoms with E-state index in [0.29, 0.717) is 0 Å². The average molecular weight is 131 g/mol. The van der Waals surface area contributed by atoms with Gasteiger partial charge in [-0.25, -0.2) is 0 Å². The minimum atomic E-state index is -1.17. The van der Waals surface area contributed by atoms with Crippen molar-refractivity contribution >= 4 is 9.04 Å². The van der Waals surface area contributed by atoms with E-state index in [1.807, 2.05) is 0 Å². The number of rotatable bonds is 0. The van der Waals surface area contributed by atoms with Crippen LogP contribution in [-0.4, -0.2) is 38.9 Å². The van der Waals surface area contributed by atoms with Gasteiger partial charge in [0, 0.05) is 0 Å². The summed E-state index contributed by atoms with van der Waals surface area (Å²) in [4.78, 5) is 11.4. The summed E-state index contributed by atoms with van der Waals surface area (Å²) in [5, 5.41) is 0. The van der Waals surface area contributed by atoms with Gasteiger partial charge in [0.2, 0.25) is 0 Å². The first-order valence-corrected chi connectivity index (χ1v) is 5.30. The van der Waals surface area contributed by atoms with Crippen LogP contribution in [0, 0.1) is 0 Å². The van der Waals surface area contributed by atoms with Gasteiger partial charge in [0.15, 0.2) is 9.04 Å². The first kappa shape index (κ1) is 6.26. The second-order valence-electron chi connectivity index (χ2n) is 2.53. The van der Waals surface area contributed by atoms with Crippen LogP contribution in [-0.2, 0) is 0 Å². The molecule has 1 rings (SSSR count). The van der Waals surface area contributed by atoms with Crippen molar-refractivity contribution in [2.45, 2.75) is 12.1 Å². The highest BCUT2D eigenvalue weighted by atomic mass is 28.3. The summed E-state index contributed by atoms with van der Waals surface area (Å²) in [5.41, 5.74) is 0. The average Bonchev–Trinajstić information content (AvgIpc) is 1.77. The van der Waals surface area contributed by atoms with Gasteiger partial charge in [-0.2, -0.15) is 0 Å². The Morgan fingerprint density at radius 3 is 2.25 bits per heavy atom. The normalized spacial score (nSPS) is 26.2. The van der Waals surface area contributed by atoms with Gasteiger partial charge in [0.1, 0.15) is 0 Å². The smallest absolute Gasteiger partial charge is 0.175 e. The summed E-state index contributed by atoms with van der Waals surface area (Å²) in [6, 6.07) is 2.19. The zero-order chi connectivity index (χ0) is 5.98. The standard InChI is InChI=1S/C5H13NOSi/c1-6-2-4-8(7)5-3-6/h7-8H,2-5H2,1H3. The van der Waals surface area contributed by atoms with Crippen molar-refractivity contribution < 1.29 is 4.80 Å². The highest BCUT2D eigenvalue weighted by Crippen LogP contribution is 2.05. The molecule has 0 aliphatic carbocycles. The van der Waals surface area contributed by atoms with E-state index >= 15 is 0 Å². The molecule has 8 heavy (non-hydrogen) atoms. The maximum atomic E-state index is 9.14. The molecule has 1 aliphatic rings. The van der Waals surface area contributed by atoms with E-state index in [1.165, 1.54) is 0 Å².